The predicted octanol–water partition coefficient (Wildman–Crippen LogP) is 5.12. The van der Waals surface area contributed by atoms with Crippen molar-refractivity contribution in [3.63, 3.8) is 0 Å². The fraction of sp³-hybridized carbons (Fsp3) is 0. The summed E-state index contributed by atoms with van der Waals surface area (Å²) < 4.78 is 2.95. The van der Waals surface area contributed by atoms with Crippen LogP contribution < -0.4 is 4.04 Å². The molecule has 0 unspecified atom stereocenters. The van der Waals surface area contributed by atoms with Crippen LogP contribution in [0.2, 0.25) is 0 Å². The quantitative estimate of drug-likeness (QED) is 0.295. The monoisotopic (exact) mass is 521 g/mol. The molecule has 0 aliphatic carbocycles. The Balaban J connectivity index is 0.000000215. The minimum atomic E-state index is 0.00394. The zero-order valence-corrected chi connectivity index (χ0v) is 19.0. The summed E-state index contributed by atoms with van der Waals surface area (Å²) in [5.41, 5.74) is 7.86. The molecule has 4 aromatic rings. The maximum atomic E-state index is 9.87. The van der Waals surface area contributed by atoms with Crippen molar-refractivity contribution in [1.82, 2.24) is 19.9 Å². The van der Waals surface area contributed by atoms with Crippen LogP contribution in [0.1, 0.15) is 22.8 Å². The van der Waals surface area contributed by atoms with Crippen LogP contribution >= 0.6 is 0 Å². The number of hydrogen-bond donors (Lipinski definition) is 2. The van der Waals surface area contributed by atoms with Crippen LogP contribution in [0.5, 0.6) is 0 Å². The van der Waals surface area contributed by atoms with Crippen LogP contribution in [0.15, 0.2) is 78.9 Å². The van der Waals surface area contributed by atoms with Gasteiger partial charge in [-0.1, -0.05) is 0 Å². The molecule has 5 heterocycles. The van der Waals surface area contributed by atoms with Crippen molar-refractivity contribution in [3.8, 4) is 0 Å². The number of aromatic amines is 2. The van der Waals surface area contributed by atoms with E-state index in [2.05, 4.69) is 44.2 Å². The van der Waals surface area contributed by atoms with E-state index in [1.807, 2.05) is 83.3 Å². The molecular formula is C27H19N4OPd. The van der Waals surface area contributed by atoms with Gasteiger partial charge in [-0.05, 0) is 72.8 Å². The van der Waals surface area contributed by atoms with Crippen LogP contribution in [-0.4, -0.2) is 24.3 Å². The number of hydrogen-bond acceptors (Lipinski definition) is 3. The van der Waals surface area contributed by atoms with Gasteiger partial charge in [-0.3, -0.25) is 0 Å². The molecule has 0 fully saturated rings. The van der Waals surface area contributed by atoms with Crippen molar-refractivity contribution in [2.24, 2.45) is 0 Å². The Hall–Kier alpha value is -3.94. The fourth-order valence-electron chi connectivity index (χ4n) is 3.44. The zero-order valence-electron chi connectivity index (χ0n) is 17.4. The number of benzene rings is 1. The third kappa shape index (κ3) is 5.46. The van der Waals surface area contributed by atoms with Gasteiger partial charge in [0, 0.05) is 22.1 Å². The zero-order chi connectivity index (χ0) is 22.5. The second kappa shape index (κ2) is 9.69. The van der Waals surface area contributed by atoms with E-state index in [4.69, 9.17) is 0 Å². The second-order valence-electron chi connectivity index (χ2n) is 7.31. The molecule has 163 valence electrons. The van der Waals surface area contributed by atoms with E-state index in [9.17, 15) is 4.79 Å². The summed E-state index contributed by atoms with van der Waals surface area (Å²) in [7, 11) is 0. The number of fused-ring (bicyclic) bond motifs is 8. The summed E-state index contributed by atoms with van der Waals surface area (Å²) in [5, 5.41) is 0. The van der Waals surface area contributed by atoms with Crippen molar-refractivity contribution in [2.45, 2.75) is 0 Å². The van der Waals surface area contributed by atoms with Crippen LogP contribution in [0.4, 0.5) is 0 Å². The Morgan fingerprint density at radius 3 is 1.33 bits per heavy atom. The summed E-state index contributed by atoms with van der Waals surface area (Å²) in [5.74, 6) is 0. The first-order valence-electron chi connectivity index (χ1n) is 10.3. The van der Waals surface area contributed by atoms with Crippen LogP contribution in [-0.2, 0) is 22.3 Å². The fourth-order valence-corrected chi connectivity index (χ4v) is 4.18. The molecule has 0 atom stereocenters. The molecule has 8 bridgehead atoms. The normalized spacial score (nSPS) is 11.6. The van der Waals surface area contributed by atoms with Crippen molar-refractivity contribution in [3.05, 3.63) is 102 Å². The molecular weight excluding hydrogens is 503 g/mol. The van der Waals surface area contributed by atoms with Crippen molar-refractivity contribution in [1.29, 1.82) is 0 Å². The van der Waals surface area contributed by atoms with Crippen molar-refractivity contribution >= 4 is 54.8 Å². The Morgan fingerprint density at radius 1 is 0.576 bits per heavy atom. The van der Waals surface area contributed by atoms with Gasteiger partial charge >= 0.3 is 61.0 Å². The Morgan fingerprint density at radius 2 is 0.970 bits per heavy atom. The minimum absolute atomic E-state index is 0.00394. The van der Waals surface area contributed by atoms with Crippen molar-refractivity contribution < 1.29 is 22.3 Å². The molecule has 0 saturated carbocycles. The van der Waals surface area contributed by atoms with E-state index in [0.29, 0.717) is 0 Å². The molecule has 0 saturated heterocycles. The third-order valence-electron chi connectivity index (χ3n) is 4.88. The van der Waals surface area contributed by atoms with E-state index in [1.165, 1.54) is 0 Å². The number of nitrogens with one attached hydrogen (secondary N) is 2. The van der Waals surface area contributed by atoms with Crippen LogP contribution in [0.25, 0.3) is 46.4 Å². The number of nitrogens with zero attached hydrogens (tertiary/aromatic N) is 2. The van der Waals surface area contributed by atoms with Gasteiger partial charge in [0.15, 0.2) is 0 Å². The van der Waals surface area contributed by atoms with Crippen LogP contribution in [0, 0.1) is 0 Å². The van der Waals surface area contributed by atoms with Crippen LogP contribution in [0.3, 0.4) is 0 Å². The van der Waals surface area contributed by atoms with Gasteiger partial charge in [0.25, 0.3) is 0 Å². The summed E-state index contributed by atoms with van der Waals surface area (Å²) in [6.45, 7) is 0. The van der Waals surface area contributed by atoms with Gasteiger partial charge in [0.2, 0.25) is 0 Å². The molecule has 33 heavy (non-hydrogen) atoms. The first-order valence-corrected chi connectivity index (χ1v) is 11.8. The summed E-state index contributed by atoms with van der Waals surface area (Å²) in [6.07, 6.45) is 8.09. The Labute approximate surface area is 198 Å². The molecule has 0 radical (unpaired) electrons. The predicted molar refractivity (Wildman–Crippen MR) is 131 cm³/mol. The van der Waals surface area contributed by atoms with Gasteiger partial charge in [-0.25, -0.2) is 9.97 Å². The molecule has 2 aliphatic heterocycles. The molecule has 6 rings (SSSR count). The number of H-pyrrole nitrogens is 2. The van der Waals surface area contributed by atoms with Crippen molar-refractivity contribution in [2.75, 3.05) is 0 Å². The SMILES string of the molecule is C1=Cc2cc3ccc(cc4nc(cc5ccc(cc1n2)[nH]5)C=C4)[nH]3.O=[C]=[Pd][c]1ccccc1. The summed E-state index contributed by atoms with van der Waals surface area (Å²) in [4.78, 5) is 25.9. The summed E-state index contributed by atoms with van der Waals surface area (Å²) in [6, 6.07) is 26.0. The number of aromatic nitrogens is 4. The molecule has 0 amide bonds. The third-order valence-corrected chi connectivity index (χ3v) is 6.00. The standard InChI is InChI=1S/C20H14N4.C6H5.CO.Pd/c1-2-14-10-16-5-6-18(23-16)12-20-8-7-19(24-20)11-17-4-3-15(22-17)9-13(1)21-14;1-2-4-6-5-3-1;1-2;/h1-12,21,24H;1-5H;;. The first-order chi connectivity index (χ1) is 16.2. The first kappa shape index (κ1) is 20.9. The topological polar surface area (TPSA) is 74.4 Å². The second-order valence-corrected chi connectivity index (χ2v) is 8.91. The van der Waals surface area contributed by atoms with Gasteiger partial charge < -0.3 is 9.97 Å². The van der Waals surface area contributed by atoms with Gasteiger partial charge in [-0.2, -0.15) is 0 Å². The average molecular weight is 522 g/mol. The Bertz CT molecular complexity index is 1400. The van der Waals surface area contributed by atoms with Gasteiger partial charge in [0.05, 0.1) is 22.8 Å². The van der Waals surface area contributed by atoms with E-state index >= 15 is 0 Å². The molecule has 3 aromatic heterocycles. The average Bonchev–Trinajstić information content (AvgIpc) is 3.61. The van der Waals surface area contributed by atoms with E-state index in [-0.39, 0.29) is 17.5 Å². The Kier molecular flexibility index (Phi) is 6.15. The van der Waals surface area contributed by atoms with Gasteiger partial charge in [-0.15, -0.1) is 0 Å². The van der Waals surface area contributed by atoms with Gasteiger partial charge in [0.1, 0.15) is 0 Å². The molecule has 0 spiro atoms. The molecule has 2 aliphatic rings. The maximum absolute atomic E-state index is 9.87. The summed E-state index contributed by atoms with van der Waals surface area (Å²) >= 11 is 0.00394. The molecule has 5 nitrogen and oxygen atoms in total. The van der Waals surface area contributed by atoms with E-state index in [1.54, 1.807) is 0 Å². The van der Waals surface area contributed by atoms with E-state index in [0.717, 1.165) is 48.9 Å². The van der Waals surface area contributed by atoms with E-state index < -0.39 is 0 Å². The number of rotatable bonds is 1. The molecule has 2 N–H and O–H groups in total. The molecule has 6 heteroatoms. The number of carbonyl (C=O) groups excluding carboxylic acids is 1. The molecule has 1 aromatic carbocycles.